The van der Waals surface area contributed by atoms with E-state index in [0.29, 0.717) is 18.3 Å². The van der Waals surface area contributed by atoms with Crippen LogP contribution in [0, 0.1) is 17.3 Å². The Morgan fingerprint density at radius 2 is 1.86 bits per heavy atom. The van der Waals surface area contributed by atoms with Crippen molar-refractivity contribution in [3.63, 3.8) is 0 Å². The van der Waals surface area contributed by atoms with Gasteiger partial charge in [-0.15, -0.1) is 0 Å². The van der Waals surface area contributed by atoms with E-state index in [-0.39, 0.29) is 18.1 Å². The van der Waals surface area contributed by atoms with Gasteiger partial charge in [0.2, 0.25) is 0 Å². The molecule has 0 N–H and O–H groups in total. The van der Waals surface area contributed by atoms with E-state index in [0.717, 1.165) is 19.1 Å². The molecule has 1 heterocycles. The van der Waals surface area contributed by atoms with Crippen molar-refractivity contribution in [2.45, 2.75) is 64.4 Å². The molecule has 3 aliphatic carbocycles. The molecule has 122 valence electrons. The fourth-order valence-corrected chi connectivity index (χ4v) is 5.16. The van der Waals surface area contributed by atoms with E-state index >= 15 is 0 Å². The molecule has 0 amide bonds. The second-order valence-corrected chi connectivity index (χ2v) is 9.53. The van der Waals surface area contributed by atoms with E-state index in [2.05, 4.69) is 13.8 Å². The van der Waals surface area contributed by atoms with E-state index in [1.165, 1.54) is 0 Å². The van der Waals surface area contributed by atoms with Crippen molar-refractivity contribution in [1.82, 2.24) is 0 Å². The van der Waals surface area contributed by atoms with E-state index in [4.69, 9.17) is 13.7 Å². The van der Waals surface area contributed by atoms with Gasteiger partial charge in [-0.1, -0.05) is 13.8 Å². The van der Waals surface area contributed by atoms with E-state index in [1.54, 1.807) is 0 Å². The second-order valence-electron chi connectivity index (χ2n) is 7.88. The molecule has 0 aromatic rings. The van der Waals surface area contributed by atoms with Crippen molar-refractivity contribution in [2.24, 2.45) is 17.3 Å². The van der Waals surface area contributed by atoms with Crippen LogP contribution >= 0.6 is 0 Å². The Morgan fingerprint density at radius 1 is 1.19 bits per heavy atom. The zero-order chi connectivity index (χ0) is 15.7. The van der Waals surface area contributed by atoms with Crippen LogP contribution < -0.4 is 0 Å². The highest BCUT2D eigenvalue weighted by Crippen LogP contribution is 2.67. The second kappa shape index (κ2) is 4.43. The molecule has 0 spiro atoms. The van der Waals surface area contributed by atoms with Gasteiger partial charge in [0, 0.05) is 6.42 Å². The molecule has 6 heteroatoms. The van der Waals surface area contributed by atoms with Gasteiger partial charge in [-0.3, -0.25) is 4.18 Å². The Hall–Kier alpha value is -0.170. The summed E-state index contributed by atoms with van der Waals surface area (Å²) < 4.78 is 39.9. The maximum atomic E-state index is 11.2. The first kappa shape index (κ1) is 15.7. The summed E-state index contributed by atoms with van der Waals surface area (Å²) >= 11 is 0. The molecule has 21 heavy (non-hydrogen) atoms. The maximum Gasteiger partial charge on any atom is 0.264 e. The third-order valence-corrected chi connectivity index (χ3v) is 6.35. The Balaban J connectivity index is 1.83. The van der Waals surface area contributed by atoms with Crippen LogP contribution in [0.15, 0.2) is 0 Å². The van der Waals surface area contributed by atoms with Gasteiger partial charge in [0.15, 0.2) is 5.79 Å². The van der Waals surface area contributed by atoms with Crippen LogP contribution in [0.4, 0.5) is 0 Å². The van der Waals surface area contributed by atoms with Crippen LogP contribution in [-0.4, -0.2) is 38.8 Å². The van der Waals surface area contributed by atoms with Crippen molar-refractivity contribution in [1.29, 1.82) is 0 Å². The van der Waals surface area contributed by atoms with E-state index in [9.17, 15) is 8.42 Å². The molecule has 0 aromatic carbocycles. The summed E-state index contributed by atoms with van der Waals surface area (Å²) in [6, 6.07) is 0. The summed E-state index contributed by atoms with van der Waals surface area (Å²) in [5.41, 5.74) is -0.183. The summed E-state index contributed by atoms with van der Waals surface area (Å²) in [4.78, 5) is 0. The fraction of sp³-hybridized carbons (Fsp3) is 1.00. The average molecular weight is 318 g/mol. The quantitative estimate of drug-likeness (QED) is 0.744. The summed E-state index contributed by atoms with van der Waals surface area (Å²) in [7, 11) is -3.42. The van der Waals surface area contributed by atoms with Crippen LogP contribution in [-0.2, 0) is 23.8 Å². The minimum absolute atomic E-state index is 0.0486. The van der Waals surface area contributed by atoms with Gasteiger partial charge in [0.1, 0.15) is 5.60 Å². The normalized spacial score (nSPS) is 43.2. The van der Waals surface area contributed by atoms with Crippen LogP contribution in [0.5, 0.6) is 0 Å². The number of rotatable bonds is 4. The molecule has 1 saturated heterocycles. The molecule has 2 bridgehead atoms. The summed E-state index contributed by atoms with van der Waals surface area (Å²) in [6.45, 7) is 8.61. The third-order valence-electron chi connectivity index (χ3n) is 5.76. The van der Waals surface area contributed by atoms with Gasteiger partial charge >= 0.3 is 0 Å². The molecule has 3 saturated carbocycles. The van der Waals surface area contributed by atoms with Crippen molar-refractivity contribution >= 4 is 10.1 Å². The monoisotopic (exact) mass is 318 g/mol. The molecule has 4 rings (SSSR count). The van der Waals surface area contributed by atoms with Crippen molar-refractivity contribution in [3.05, 3.63) is 0 Å². The van der Waals surface area contributed by atoms with Crippen LogP contribution in [0.1, 0.15) is 47.0 Å². The third kappa shape index (κ3) is 2.44. The standard InChI is InChI=1S/C15H26O5S/c1-13(2)10-8-11(13)15(6-7-18-21(5,16)17)12(9-10)19-14(3,4)20-15/h10-12H,6-9H2,1-5H3/t10-,11-,12+,15-/m1/s1. The Labute approximate surface area is 127 Å². The minimum Gasteiger partial charge on any atom is -0.344 e. The summed E-state index contributed by atoms with van der Waals surface area (Å²) in [5, 5.41) is 0. The van der Waals surface area contributed by atoms with Crippen molar-refractivity contribution in [3.8, 4) is 0 Å². The van der Waals surface area contributed by atoms with Crippen LogP contribution in [0.3, 0.4) is 0 Å². The molecular weight excluding hydrogens is 292 g/mol. The largest absolute Gasteiger partial charge is 0.344 e. The molecule has 0 radical (unpaired) electrons. The number of ether oxygens (including phenoxy) is 2. The van der Waals surface area contributed by atoms with E-state index in [1.807, 2.05) is 13.8 Å². The lowest BCUT2D eigenvalue weighted by atomic mass is 9.43. The molecule has 0 aromatic heterocycles. The Morgan fingerprint density at radius 3 is 2.43 bits per heavy atom. The Bertz CT molecular complexity index is 538. The zero-order valence-electron chi connectivity index (χ0n) is 13.5. The first-order valence-corrected chi connectivity index (χ1v) is 9.50. The van der Waals surface area contributed by atoms with Gasteiger partial charge in [-0.05, 0) is 43.9 Å². The summed E-state index contributed by atoms with van der Waals surface area (Å²) in [5.74, 6) is 0.469. The molecule has 4 aliphatic rings. The highest BCUT2D eigenvalue weighted by molar-refractivity contribution is 7.85. The number of hydrogen-bond donors (Lipinski definition) is 0. The van der Waals surface area contributed by atoms with E-state index < -0.39 is 21.5 Å². The fourth-order valence-electron chi connectivity index (χ4n) is 4.78. The molecule has 5 nitrogen and oxygen atoms in total. The van der Waals surface area contributed by atoms with Gasteiger partial charge < -0.3 is 9.47 Å². The lowest BCUT2D eigenvalue weighted by molar-refractivity contribution is -0.233. The van der Waals surface area contributed by atoms with Crippen LogP contribution in [0.25, 0.3) is 0 Å². The Kier molecular flexibility index (Phi) is 3.32. The molecular formula is C15H26O5S. The number of hydrogen-bond acceptors (Lipinski definition) is 5. The molecule has 1 aliphatic heterocycles. The van der Waals surface area contributed by atoms with Gasteiger partial charge in [-0.2, -0.15) is 8.42 Å². The van der Waals surface area contributed by atoms with Gasteiger partial charge in [0.25, 0.3) is 10.1 Å². The smallest absolute Gasteiger partial charge is 0.264 e. The van der Waals surface area contributed by atoms with Crippen LogP contribution in [0.2, 0.25) is 0 Å². The van der Waals surface area contributed by atoms with Crippen molar-refractivity contribution in [2.75, 3.05) is 12.9 Å². The molecule has 4 atom stereocenters. The molecule has 0 unspecified atom stereocenters. The highest BCUT2D eigenvalue weighted by atomic mass is 32.2. The van der Waals surface area contributed by atoms with Gasteiger partial charge in [-0.25, -0.2) is 0 Å². The molecule has 4 fully saturated rings. The predicted octanol–water partition coefficient (Wildman–Crippen LogP) is 2.31. The summed E-state index contributed by atoms with van der Waals surface area (Å²) in [6.07, 6.45) is 3.83. The SMILES string of the molecule is CC1(C)O[C@H]2C[C@H]3C[C@H](C3(C)C)[C@@]2(CCOS(C)(=O)=O)O1. The zero-order valence-corrected chi connectivity index (χ0v) is 14.3. The lowest BCUT2D eigenvalue weighted by Crippen LogP contribution is -2.67. The van der Waals surface area contributed by atoms with Crippen molar-refractivity contribution < 1.29 is 22.1 Å². The first-order valence-electron chi connectivity index (χ1n) is 7.69. The first-order chi connectivity index (χ1) is 9.46. The predicted molar refractivity (Wildman–Crippen MR) is 78.2 cm³/mol. The maximum absolute atomic E-state index is 11.2. The van der Waals surface area contributed by atoms with Gasteiger partial charge in [0.05, 0.1) is 19.0 Å². The average Bonchev–Trinajstić information content (AvgIpc) is 2.56. The topological polar surface area (TPSA) is 61.8 Å². The minimum atomic E-state index is -3.42. The highest BCUT2D eigenvalue weighted by Gasteiger charge is 2.70. The lowest BCUT2D eigenvalue weighted by Gasteiger charge is -2.64.